The van der Waals surface area contributed by atoms with Gasteiger partial charge in [0.2, 0.25) is 10.0 Å². The largest absolute Gasteiger partial charge is 0.390 e. The van der Waals surface area contributed by atoms with Crippen LogP contribution in [0.3, 0.4) is 0 Å². The maximum atomic E-state index is 11.3. The van der Waals surface area contributed by atoms with Crippen LogP contribution in [0, 0.1) is 6.42 Å². The monoisotopic (exact) mass is 275 g/mol. The number of piperidine rings is 1. The van der Waals surface area contributed by atoms with Crippen molar-refractivity contribution < 1.29 is 13.5 Å². The van der Waals surface area contributed by atoms with Crippen LogP contribution in [0.2, 0.25) is 0 Å². The van der Waals surface area contributed by atoms with Crippen LogP contribution in [0.25, 0.3) is 0 Å². The Morgan fingerprint density at radius 2 is 1.94 bits per heavy atom. The average Bonchev–Trinajstić information content (AvgIpc) is 2.49. The first kappa shape index (κ1) is 14.2. The molecule has 2 saturated heterocycles. The van der Waals surface area contributed by atoms with Gasteiger partial charge in [0, 0.05) is 32.2 Å². The fourth-order valence-electron chi connectivity index (χ4n) is 3.03. The summed E-state index contributed by atoms with van der Waals surface area (Å²) in [7, 11) is -1.69. The van der Waals surface area contributed by atoms with Gasteiger partial charge < -0.3 is 5.11 Å². The third-order valence-electron chi connectivity index (χ3n) is 4.10. The van der Waals surface area contributed by atoms with E-state index < -0.39 is 16.1 Å². The van der Waals surface area contributed by atoms with Gasteiger partial charge in [-0.05, 0) is 32.1 Å². The molecule has 2 bridgehead atoms. The Morgan fingerprint density at radius 1 is 1.39 bits per heavy atom. The van der Waals surface area contributed by atoms with Gasteiger partial charge in [0.1, 0.15) is 0 Å². The van der Waals surface area contributed by atoms with E-state index in [1.807, 2.05) is 0 Å². The van der Waals surface area contributed by atoms with Gasteiger partial charge in [-0.3, -0.25) is 4.90 Å². The number of rotatable bonds is 5. The van der Waals surface area contributed by atoms with Crippen molar-refractivity contribution in [2.24, 2.45) is 0 Å². The summed E-state index contributed by atoms with van der Waals surface area (Å²) in [5.74, 6) is 0. The molecule has 0 aromatic heterocycles. The van der Waals surface area contributed by atoms with Gasteiger partial charge in [0.25, 0.3) is 0 Å². The minimum Gasteiger partial charge on any atom is -0.390 e. The molecule has 0 saturated carbocycles. The van der Waals surface area contributed by atoms with Gasteiger partial charge in [-0.2, -0.15) is 0 Å². The quantitative estimate of drug-likeness (QED) is 0.771. The number of hydrogen-bond acceptors (Lipinski definition) is 4. The highest BCUT2D eigenvalue weighted by molar-refractivity contribution is 7.88. The molecule has 0 aromatic rings. The molecule has 0 aliphatic carbocycles. The first-order valence-corrected chi connectivity index (χ1v) is 8.39. The molecule has 0 unspecified atom stereocenters. The molecular weight excluding hydrogens is 252 g/mol. The molecule has 2 aliphatic heterocycles. The second-order valence-electron chi connectivity index (χ2n) is 5.54. The van der Waals surface area contributed by atoms with E-state index >= 15 is 0 Å². The summed E-state index contributed by atoms with van der Waals surface area (Å²) in [6.45, 7) is 0.765. The molecule has 1 radical (unpaired) electrons. The predicted molar refractivity (Wildman–Crippen MR) is 70.5 cm³/mol. The lowest BCUT2D eigenvalue weighted by Gasteiger charge is -2.36. The molecule has 2 fully saturated rings. The fourth-order valence-corrected chi connectivity index (χ4v) is 3.48. The van der Waals surface area contributed by atoms with Crippen LogP contribution in [-0.2, 0) is 10.0 Å². The van der Waals surface area contributed by atoms with Crippen LogP contribution in [0.1, 0.15) is 25.7 Å². The number of sulfonamides is 1. The fraction of sp³-hybridized carbons (Fsp3) is 0.917. The average molecular weight is 275 g/mol. The van der Waals surface area contributed by atoms with E-state index in [1.54, 1.807) is 0 Å². The van der Waals surface area contributed by atoms with E-state index in [0.717, 1.165) is 12.8 Å². The summed E-state index contributed by atoms with van der Waals surface area (Å²) < 4.78 is 23.8. The Balaban J connectivity index is 1.86. The highest BCUT2D eigenvalue weighted by Gasteiger charge is 2.37. The minimum absolute atomic E-state index is 0.179. The molecule has 2 rings (SSSR count). The van der Waals surface area contributed by atoms with Crippen molar-refractivity contribution in [2.75, 3.05) is 26.4 Å². The molecule has 18 heavy (non-hydrogen) atoms. The molecule has 0 aromatic carbocycles. The van der Waals surface area contributed by atoms with Gasteiger partial charge in [-0.25, -0.2) is 12.7 Å². The summed E-state index contributed by atoms with van der Waals surface area (Å²) in [5, 5.41) is 10.0. The summed E-state index contributed by atoms with van der Waals surface area (Å²) >= 11 is 0. The Hall–Kier alpha value is -0.170. The van der Waals surface area contributed by atoms with E-state index in [1.165, 1.54) is 30.5 Å². The van der Waals surface area contributed by atoms with Gasteiger partial charge in [-0.1, -0.05) is 0 Å². The highest BCUT2D eigenvalue weighted by atomic mass is 32.2. The van der Waals surface area contributed by atoms with E-state index in [4.69, 9.17) is 0 Å². The van der Waals surface area contributed by atoms with Gasteiger partial charge in [0.15, 0.2) is 0 Å². The zero-order valence-electron chi connectivity index (χ0n) is 11.1. The van der Waals surface area contributed by atoms with Crippen molar-refractivity contribution in [2.45, 2.75) is 43.9 Å². The molecule has 2 aliphatic rings. The summed E-state index contributed by atoms with van der Waals surface area (Å²) in [4.78, 5) is 2.36. The smallest absolute Gasteiger partial charge is 0.211 e. The van der Waals surface area contributed by atoms with E-state index in [2.05, 4.69) is 11.3 Å². The third-order valence-corrected chi connectivity index (χ3v) is 5.39. The van der Waals surface area contributed by atoms with Crippen molar-refractivity contribution in [1.82, 2.24) is 9.21 Å². The SMILES string of the molecule is CN(C[C@@H](O)CN1[C@@H]2C[CH]C[C@H]1CC2)S(C)(=O)=O. The Morgan fingerprint density at radius 3 is 2.44 bits per heavy atom. The Bertz CT molecular complexity index is 369. The number of likely N-dealkylation sites (N-methyl/N-ethyl adjacent to an activating group) is 1. The topological polar surface area (TPSA) is 60.9 Å². The Labute approximate surface area is 110 Å². The van der Waals surface area contributed by atoms with Crippen molar-refractivity contribution in [3.05, 3.63) is 6.42 Å². The van der Waals surface area contributed by atoms with E-state index in [9.17, 15) is 13.5 Å². The standard InChI is InChI=1S/C12H23N2O3S/c1-13(18(2,16)17)8-12(15)9-14-10-4-3-5-11(14)7-6-10/h3,10-12,15H,4-9H2,1-2H3/t10-,11+,12-/m1/s1. The second-order valence-corrected chi connectivity index (χ2v) is 7.63. The molecule has 1 N–H and O–H groups in total. The molecule has 2 heterocycles. The lowest BCUT2D eigenvalue weighted by Crippen LogP contribution is -2.47. The highest BCUT2D eigenvalue weighted by Crippen LogP contribution is 2.34. The second kappa shape index (κ2) is 5.45. The van der Waals surface area contributed by atoms with Gasteiger partial charge >= 0.3 is 0 Å². The number of fused-ring (bicyclic) bond motifs is 2. The molecule has 0 spiro atoms. The third kappa shape index (κ3) is 3.23. The van der Waals surface area contributed by atoms with Gasteiger partial charge in [-0.15, -0.1) is 0 Å². The Kier molecular flexibility index (Phi) is 4.31. The van der Waals surface area contributed by atoms with E-state index in [0.29, 0.717) is 18.6 Å². The molecule has 105 valence electrons. The molecule has 0 amide bonds. The number of nitrogens with zero attached hydrogens (tertiary/aromatic N) is 2. The van der Waals surface area contributed by atoms with Crippen molar-refractivity contribution in [3.63, 3.8) is 0 Å². The van der Waals surface area contributed by atoms with Gasteiger partial charge in [0.05, 0.1) is 12.4 Å². The van der Waals surface area contributed by atoms with Crippen molar-refractivity contribution >= 4 is 10.0 Å². The number of hydrogen-bond donors (Lipinski definition) is 1. The van der Waals surface area contributed by atoms with Crippen molar-refractivity contribution in [3.8, 4) is 0 Å². The van der Waals surface area contributed by atoms with Crippen LogP contribution in [0.5, 0.6) is 0 Å². The van der Waals surface area contributed by atoms with E-state index in [-0.39, 0.29) is 6.54 Å². The number of aliphatic hydroxyl groups is 1. The summed E-state index contributed by atoms with van der Waals surface area (Å²) in [6.07, 6.45) is 7.51. The van der Waals surface area contributed by atoms with Crippen LogP contribution in [0.4, 0.5) is 0 Å². The maximum Gasteiger partial charge on any atom is 0.211 e. The summed E-state index contributed by atoms with van der Waals surface area (Å²) in [6, 6.07) is 1.11. The predicted octanol–water partition coefficient (Wildman–Crippen LogP) is 0.0698. The summed E-state index contributed by atoms with van der Waals surface area (Å²) in [5.41, 5.74) is 0. The first-order valence-electron chi connectivity index (χ1n) is 6.54. The normalized spacial score (nSPS) is 30.9. The zero-order chi connectivity index (χ0) is 13.3. The molecule has 5 nitrogen and oxygen atoms in total. The lowest BCUT2D eigenvalue weighted by atomic mass is 10.0. The number of aliphatic hydroxyl groups excluding tert-OH is 1. The first-order chi connectivity index (χ1) is 8.38. The molecule has 6 heteroatoms. The maximum absolute atomic E-state index is 11.3. The van der Waals surface area contributed by atoms with Crippen molar-refractivity contribution in [1.29, 1.82) is 0 Å². The zero-order valence-corrected chi connectivity index (χ0v) is 11.9. The van der Waals surface area contributed by atoms with Crippen LogP contribution in [-0.4, -0.2) is 67.3 Å². The molecule has 3 atom stereocenters. The van der Waals surface area contributed by atoms with Crippen LogP contribution >= 0.6 is 0 Å². The minimum atomic E-state index is -3.20. The molecular formula is C12H23N2O3S. The van der Waals surface area contributed by atoms with Crippen LogP contribution in [0.15, 0.2) is 0 Å². The van der Waals surface area contributed by atoms with Crippen LogP contribution < -0.4 is 0 Å². The lowest BCUT2D eigenvalue weighted by molar-refractivity contribution is 0.0640.